The summed E-state index contributed by atoms with van der Waals surface area (Å²) in [5, 5.41) is 1.37. The van der Waals surface area contributed by atoms with Crippen LogP contribution >= 0.6 is 11.3 Å². The van der Waals surface area contributed by atoms with Crippen LogP contribution in [0.5, 0.6) is 0 Å². The zero-order chi connectivity index (χ0) is 18.3. The molecule has 0 spiro atoms. The van der Waals surface area contributed by atoms with E-state index in [2.05, 4.69) is 9.97 Å². The van der Waals surface area contributed by atoms with Gasteiger partial charge in [-0.25, -0.2) is 4.98 Å². The van der Waals surface area contributed by atoms with E-state index in [0.717, 1.165) is 26.3 Å². The molecular weight excluding hydrogens is 346 g/mol. The fourth-order valence-electron chi connectivity index (χ4n) is 2.96. The van der Waals surface area contributed by atoms with E-state index < -0.39 is 0 Å². The Morgan fingerprint density at radius 3 is 2.85 bits per heavy atom. The minimum Gasteiger partial charge on any atom is -0.360 e. The van der Waals surface area contributed by atoms with Gasteiger partial charge in [0, 0.05) is 24.1 Å². The van der Waals surface area contributed by atoms with Crippen molar-refractivity contribution in [3.63, 3.8) is 0 Å². The molecular formula is C20H17N3O2S. The van der Waals surface area contributed by atoms with E-state index in [0.29, 0.717) is 11.9 Å². The van der Waals surface area contributed by atoms with Crippen molar-refractivity contribution in [3.8, 4) is 0 Å². The molecule has 6 heteroatoms. The number of aromatic nitrogens is 2. The van der Waals surface area contributed by atoms with Gasteiger partial charge in [-0.1, -0.05) is 23.8 Å². The summed E-state index contributed by atoms with van der Waals surface area (Å²) in [5.41, 5.74) is 2.53. The molecule has 0 aliphatic heterocycles. The number of hydrogen-bond acceptors (Lipinski definition) is 4. The molecule has 2 heterocycles. The number of thiazole rings is 1. The Balaban J connectivity index is 1.65. The van der Waals surface area contributed by atoms with Crippen LogP contribution in [0.2, 0.25) is 0 Å². The van der Waals surface area contributed by atoms with Crippen molar-refractivity contribution < 1.29 is 4.79 Å². The van der Waals surface area contributed by atoms with Gasteiger partial charge in [-0.15, -0.1) is 11.3 Å². The molecule has 2 aromatic heterocycles. The van der Waals surface area contributed by atoms with Gasteiger partial charge in [0.2, 0.25) is 5.43 Å². The molecule has 130 valence electrons. The fraction of sp³-hybridized carbons (Fsp3) is 0.150. The summed E-state index contributed by atoms with van der Waals surface area (Å²) in [6.45, 7) is 2.29. The molecule has 0 aliphatic carbocycles. The highest BCUT2D eigenvalue weighted by molar-refractivity contribution is 7.18. The minimum absolute atomic E-state index is 0.145. The molecule has 0 bridgehead atoms. The van der Waals surface area contributed by atoms with E-state index in [4.69, 9.17) is 0 Å². The molecule has 1 N–H and O–H groups in total. The molecule has 0 fully saturated rings. The van der Waals surface area contributed by atoms with Crippen LogP contribution < -0.4 is 5.43 Å². The Morgan fingerprint density at radius 1 is 1.23 bits per heavy atom. The molecule has 4 rings (SSSR count). The summed E-state index contributed by atoms with van der Waals surface area (Å²) >= 11 is 1.56. The Bertz CT molecular complexity index is 1160. The van der Waals surface area contributed by atoms with E-state index in [-0.39, 0.29) is 16.9 Å². The Kier molecular flexibility index (Phi) is 4.05. The highest BCUT2D eigenvalue weighted by atomic mass is 32.1. The molecule has 2 aromatic carbocycles. The number of carbonyl (C=O) groups is 1. The van der Waals surface area contributed by atoms with E-state index in [9.17, 15) is 9.59 Å². The third kappa shape index (κ3) is 2.88. The number of carbonyl (C=O) groups excluding carboxylic acids is 1. The maximum atomic E-state index is 12.8. The van der Waals surface area contributed by atoms with Gasteiger partial charge in [0.15, 0.2) is 0 Å². The quantitative estimate of drug-likeness (QED) is 0.603. The van der Waals surface area contributed by atoms with Crippen molar-refractivity contribution in [3.05, 3.63) is 75.0 Å². The number of nitrogens with one attached hydrogen (secondary N) is 1. The molecule has 5 nitrogen and oxygen atoms in total. The molecule has 26 heavy (non-hydrogen) atoms. The Morgan fingerprint density at radius 2 is 2.04 bits per heavy atom. The Labute approximate surface area is 153 Å². The van der Waals surface area contributed by atoms with E-state index >= 15 is 0 Å². The lowest BCUT2D eigenvalue weighted by molar-refractivity contribution is 0.0783. The van der Waals surface area contributed by atoms with Crippen molar-refractivity contribution in [2.75, 3.05) is 7.05 Å². The Hall–Kier alpha value is -2.99. The maximum absolute atomic E-state index is 12.8. The van der Waals surface area contributed by atoms with Gasteiger partial charge in [0.1, 0.15) is 10.6 Å². The van der Waals surface area contributed by atoms with Crippen LogP contribution in [0.1, 0.15) is 20.9 Å². The van der Waals surface area contributed by atoms with Gasteiger partial charge >= 0.3 is 0 Å². The second-order valence-corrected chi connectivity index (χ2v) is 7.43. The second-order valence-electron chi connectivity index (χ2n) is 6.32. The average Bonchev–Trinajstić information content (AvgIpc) is 3.04. The van der Waals surface area contributed by atoms with Crippen molar-refractivity contribution in [1.82, 2.24) is 14.9 Å². The third-order valence-corrected chi connectivity index (χ3v) is 5.35. The van der Waals surface area contributed by atoms with Crippen molar-refractivity contribution in [2.24, 2.45) is 0 Å². The molecule has 0 radical (unpaired) electrons. The van der Waals surface area contributed by atoms with Gasteiger partial charge in [0.05, 0.1) is 16.8 Å². The van der Waals surface area contributed by atoms with Crippen LogP contribution in [-0.2, 0) is 6.54 Å². The van der Waals surface area contributed by atoms with Crippen LogP contribution in [-0.4, -0.2) is 27.8 Å². The third-order valence-electron chi connectivity index (χ3n) is 4.32. The van der Waals surface area contributed by atoms with Crippen LogP contribution in [0.3, 0.4) is 0 Å². The molecule has 1 amide bonds. The number of H-pyrrole nitrogens is 1. The number of benzene rings is 2. The summed E-state index contributed by atoms with van der Waals surface area (Å²) in [5.74, 6) is -0.311. The number of fused-ring (bicyclic) bond motifs is 2. The van der Waals surface area contributed by atoms with E-state index in [1.165, 1.54) is 11.1 Å². The number of nitrogens with zero attached hydrogens (tertiary/aromatic N) is 2. The number of pyridine rings is 1. The van der Waals surface area contributed by atoms with Gasteiger partial charge in [-0.05, 0) is 31.2 Å². The topological polar surface area (TPSA) is 66.1 Å². The van der Waals surface area contributed by atoms with Crippen molar-refractivity contribution in [1.29, 1.82) is 0 Å². The summed E-state index contributed by atoms with van der Waals surface area (Å²) in [6.07, 6.45) is 1.50. The van der Waals surface area contributed by atoms with Crippen LogP contribution in [0.4, 0.5) is 0 Å². The number of aromatic amines is 1. The predicted molar refractivity (Wildman–Crippen MR) is 105 cm³/mol. The number of hydrogen-bond donors (Lipinski definition) is 1. The number of amides is 1. The highest BCUT2D eigenvalue weighted by Crippen LogP contribution is 2.22. The van der Waals surface area contributed by atoms with Gasteiger partial charge in [-0.2, -0.15) is 0 Å². The van der Waals surface area contributed by atoms with Crippen LogP contribution in [0, 0.1) is 6.92 Å². The number of rotatable bonds is 3. The number of para-hydroxylation sites is 1. The standard InChI is InChI=1S/C20H17N3O2S/c1-12-7-8-15-13(9-12)19(24)14(10-21-15)20(25)23(2)11-18-22-16-5-3-4-6-17(16)26-18/h3-10H,11H2,1-2H3,(H,21,24). The second kappa shape index (κ2) is 6.38. The molecule has 0 unspecified atom stereocenters. The normalized spacial score (nSPS) is 11.2. The largest absolute Gasteiger partial charge is 0.360 e. The molecule has 4 aromatic rings. The average molecular weight is 363 g/mol. The summed E-state index contributed by atoms with van der Waals surface area (Å²) in [7, 11) is 1.69. The highest BCUT2D eigenvalue weighted by Gasteiger charge is 2.18. The van der Waals surface area contributed by atoms with Gasteiger partial charge < -0.3 is 9.88 Å². The predicted octanol–water partition coefficient (Wildman–Crippen LogP) is 3.72. The lowest BCUT2D eigenvalue weighted by atomic mass is 10.1. The zero-order valence-corrected chi connectivity index (χ0v) is 15.3. The van der Waals surface area contributed by atoms with Crippen LogP contribution in [0.15, 0.2) is 53.5 Å². The molecule has 0 aliphatic rings. The van der Waals surface area contributed by atoms with Crippen molar-refractivity contribution >= 4 is 38.4 Å². The van der Waals surface area contributed by atoms with Gasteiger partial charge in [-0.3, -0.25) is 9.59 Å². The summed E-state index contributed by atoms with van der Waals surface area (Å²) in [6, 6.07) is 13.5. The summed E-state index contributed by atoms with van der Waals surface area (Å²) < 4.78 is 1.09. The summed E-state index contributed by atoms with van der Waals surface area (Å²) in [4.78, 5) is 34.7. The SMILES string of the molecule is Cc1ccc2[nH]cc(C(=O)N(C)Cc3nc4ccccc4s3)c(=O)c2c1. The first-order chi connectivity index (χ1) is 12.5. The first kappa shape index (κ1) is 16.5. The maximum Gasteiger partial charge on any atom is 0.259 e. The molecule has 0 saturated heterocycles. The monoisotopic (exact) mass is 363 g/mol. The lowest BCUT2D eigenvalue weighted by Gasteiger charge is -2.15. The van der Waals surface area contributed by atoms with Crippen molar-refractivity contribution in [2.45, 2.75) is 13.5 Å². The fourth-order valence-corrected chi connectivity index (χ4v) is 3.98. The first-order valence-electron chi connectivity index (χ1n) is 8.25. The van der Waals surface area contributed by atoms with Gasteiger partial charge in [0.25, 0.3) is 5.91 Å². The zero-order valence-electron chi connectivity index (χ0n) is 14.4. The number of aryl methyl sites for hydroxylation is 1. The molecule has 0 saturated carbocycles. The minimum atomic E-state index is -0.311. The van der Waals surface area contributed by atoms with E-state index in [1.54, 1.807) is 24.5 Å². The smallest absolute Gasteiger partial charge is 0.259 e. The first-order valence-corrected chi connectivity index (χ1v) is 9.06. The molecule has 0 atom stereocenters. The van der Waals surface area contributed by atoms with Crippen LogP contribution in [0.25, 0.3) is 21.1 Å². The van der Waals surface area contributed by atoms with E-state index in [1.807, 2.05) is 43.3 Å². The lowest BCUT2D eigenvalue weighted by Crippen LogP contribution is -2.30.